The van der Waals surface area contributed by atoms with Crippen molar-refractivity contribution >= 4 is 41.7 Å². The normalized spacial score (nSPS) is 15.4. The number of carbonyl (C=O) groups excluding carboxylic acids is 5. The van der Waals surface area contributed by atoms with Crippen LogP contribution in [0.3, 0.4) is 0 Å². The molecule has 1 aliphatic rings. The second-order valence-corrected chi connectivity index (χ2v) is 9.89. The first-order valence-corrected chi connectivity index (χ1v) is 14.1. The van der Waals surface area contributed by atoms with E-state index in [2.05, 4.69) is 20.0 Å². The number of nitrogens with one attached hydrogen (secondary N) is 1. The van der Waals surface area contributed by atoms with Crippen molar-refractivity contribution in [1.82, 2.24) is 15.1 Å². The average Bonchev–Trinajstić information content (AvgIpc) is 3.05. The highest BCUT2D eigenvalue weighted by Crippen LogP contribution is 2.20. The van der Waals surface area contributed by atoms with Gasteiger partial charge < -0.3 is 40.2 Å². The molecule has 3 rings (SSSR count). The van der Waals surface area contributed by atoms with E-state index in [9.17, 15) is 33.9 Å². The first-order chi connectivity index (χ1) is 22.0. The van der Waals surface area contributed by atoms with Crippen LogP contribution >= 0.6 is 0 Å². The number of piperazine rings is 1. The van der Waals surface area contributed by atoms with Crippen LogP contribution in [0.5, 0.6) is 5.75 Å². The van der Waals surface area contributed by atoms with Crippen molar-refractivity contribution in [1.29, 1.82) is 0 Å². The van der Waals surface area contributed by atoms with E-state index in [-0.39, 0.29) is 37.5 Å². The lowest BCUT2D eigenvalue weighted by Gasteiger charge is -2.41. The summed E-state index contributed by atoms with van der Waals surface area (Å²) in [6.07, 6.45) is -1.54. The Kier molecular flexibility index (Phi) is 12.4. The van der Waals surface area contributed by atoms with Crippen molar-refractivity contribution in [2.45, 2.75) is 31.8 Å². The van der Waals surface area contributed by atoms with E-state index < -0.39 is 60.9 Å². The predicted octanol–water partition coefficient (Wildman–Crippen LogP) is 0.517. The third kappa shape index (κ3) is 9.41. The molecule has 16 nitrogen and oxygen atoms in total. The average molecular weight is 642 g/mol. The maximum absolute atomic E-state index is 14.0. The largest absolute Gasteiger partial charge is 0.535 e. The van der Waals surface area contributed by atoms with Gasteiger partial charge in [-0.05, 0) is 36.8 Å². The van der Waals surface area contributed by atoms with E-state index in [1.54, 1.807) is 31.2 Å². The number of ether oxygens (including phenoxy) is 3. The standard InChI is InChI=1S/C30H35N5O11/c1-4-45-30(42)46-33-26(31)19-7-9-20(10-8-19)27(39)32-22(15-18-5-11-21(43-2)12-6-18)28(40)35-14-13-34(17-24(36)37)29(41)23(35)16-25(38)44-3/h5-12,22-23H,4,13-17H2,1-3H3,(H2,31,33)(H,32,39)(H,36,37)/t22-,23-/m0/s1. The van der Waals surface area contributed by atoms with Gasteiger partial charge in [-0.3, -0.25) is 28.8 Å². The summed E-state index contributed by atoms with van der Waals surface area (Å²) >= 11 is 0. The number of carbonyl (C=O) groups is 6. The number of amides is 3. The Morgan fingerprint density at radius 2 is 1.67 bits per heavy atom. The molecular formula is C30H35N5O11. The lowest BCUT2D eigenvalue weighted by Crippen LogP contribution is -2.63. The Hall–Kier alpha value is -5.67. The van der Waals surface area contributed by atoms with Crippen LogP contribution in [0.15, 0.2) is 53.7 Å². The van der Waals surface area contributed by atoms with Gasteiger partial charge in [-0.15, -0.1) is 0 Å². The number of esters is 1. The Bertz CT molecular complexity index is 1460. The fourth-order valence-electron chi connectivity index (χ4n) is 4.58. The van der Waals surface area contributed by atoms with Gasteiger partial charge in [0.05, 0.1) is 27.2 Å². The number of nitrogens with zero attached hydrogens (tertiary/aromatic N) is 3. The maximum atomic E-state index is 14.0. The number of aliphatic carboxylic acids is 1. The molecule has 1 saturated heterocycles. The minimum absolute atomic E-state index is 0.00588. The number of nitrogens with two attached hydrogens (primary N) is 1. The van der Waals surface area contributed by atoms with Crippen LogP contribution in [0.2, 0.25) is 0 Å². The van der Waals surface area contributed by atoms with E-state index in [4.69, 9.17) is 15.2 Å². The van der Waals surface area contributed by atoms with Gasteiger partial charge in [0.2, 0.25) is 11.8 Å². The molecule has 0 bridgehead atoms. The minimum atomic E-state index is -1.35. The van der Waals surface area contributed by atoms with Crippen LogP contribution in [-0.2, 0) is 39.9 Å². The van der Waals surface area contributed by atoms with Gasteiger partial charge in [0.1, 0.15) is 24.4 Å². The molecule has 16 heteroatoms. The molecule has 0 radical (unpaired) electrons. The number of benzene rings is 2. The zero-order valence-corrected chi connectivity index (χ0v) is 25.5. The summed E-state index contributed by atoms with van der Waals surface area (Å²) in [7, 11) is 2.63. The van der Waals surface area contributed by atoms with Crippen LogP contribution in [0, 0.1) is 0 Å². The van der Waals surface area contributed by atoms with Gasteiger partial charge in [0.15, 0.2) is 5.84 Å². The lowest BCUT2D eigenvalue weighted by molar-refractivity contribution is -0.159. The number of methoxy groups -OCH3 is 2. The van der Waals surface area contributed by atoms with E-state index in [1.807, 2.05) is 0 Å². The summed E-state index contributed by atoms with van der Waals surface area (Å²) in [4.78, 5) is 82.3. The summed E-state index contributed by atoms with van der Waals surface area (Å²) < 4.78 is 14.5. The van der Waals surface area contributed by atoms with Crippen molar-refractivity contribution in [2.24, 2.45) is 10.9 Å². The van der Waals surface area contributed by atoms with Crippen LogP contribution in [0.25, 0.3) is 0 Å². The van der Waals surface area contributed by atoms with Gasteiger partial charge in [0.25, 0.3) is 5.91 Å². The fourth-order valence-corrected chi connectivity index (χ4v) is 4.58. The molecule has 0 aliphatic carbocycles. The van der Waals surface area contributed by atoms with Crippen molar-refractivity contribution in [3.8, 4) is 5.75 Å². The Morgan fingerprint density at radius 1 is 1.02 bits per heavy atom. The molecule has 3 amide bonds. The van der Waals surface area contributed by atoms with E-state index in [0.717, 1.165) is 16.9 Å². The highest BCUT2D eigenvalue weighted by atomic mass is 16.8. The van der Waals surface area contributed by atoms with Gasteiger partial charge in [-0.2, -0.15) is 0 Å². The molecule has 246 valence electrons. The summed E-state index contributed by atoms with van der Waals surface area (Å²) in [5.41, 5.74) is 6.97. The molecule has 46 heavy (non-hydrogen) atoms. The second-order valence-electron chi connectivity index (χ2n) is 9.89. The number of carboxylic acid groups (broad SMARTS) is 1. The molecule has 0 spiro atoms. The van der Waals surface area contributed by atoms with Gasteiger partial charge >= 0.3 is 18.1 Å². The maximum Gasteiger partial charge on any atom is 0.535 e. The molecule has 0 saturated carbocycles. The number of amidine groups is 1. The van der Waals surface area contributed by atoms with Crippen molar-refractivity contribution in [2.75, 3.05) is 40.5 Å². The lowest BCUT2D eigenvalue weighted by atomic mass is 10.0. The van der Waals surface area contributed by atoms with E-state index >= 15 is 0 Å². The summed E-state index contributed by atoms with van der Waals surface area (Å²) in [6.45, 7) is 0.890. The number of hydrogen-bond donors (Lipinski definition) is 3. The fraction of sp³-hybridized carbons (Fsp3) is 0.367. The SMILES string of the molecule is CCOC(=O)ON=C(N)c1ccc(C(=O)N[C@@H](Cc2ccc(OC)cc2)C(=O)N2CCN(CC(=O)O)C(=O)[C@@H]2CC(=O)OC)cc1. The van der Waals surface area contributed by atoms with E-state index in [1.165, 1.54) is 31.4 Å². The molecule has 0 aromatic heterocycles. The highest BCUT2D eigenvalue weighted by molar-refractivity contribution is 6.01. The Balaban J connectivity index is 1.87. The second kappa shape index (κ2) is 16.4. The molecule has 1 aliphatic heterocycles. The molecular weight excluding hydrogens is 606 g/mol. The van der Waals surface area contributed by atoms with Crippen LogP contribution < -0.4 is 15.8 Å². The smallest absolute Gasteiger partial charge is 0.497 e. The zero-order valence-electron chi connectivity index (χ0n) is 25.5. The van der Waals surface area contributed by atoms with Crippen molar-refractivity contribution < 1.29 is 52.9 Å². The monoisotopic (exact) mass is 641 g/mol. The number of oxime groups is 1. The number of hydrogen-bond acceptors (Lipinski definition) is 11. The van der Waals surface area contributed by atoms with Gasteiger partial charge in [-0.1, -0.05) is 29.4 Å². The molecule has 2 aromatic carbocycles. The highest BCUT2D eigenvalue weighted by Gasteiger charge is 2.42. The van der Waals surface area contributed by atoms with Gasteiger partial charge in [-0.25, -0.2) is 4.79 Å². The third-order valence-electron chi connectivity index (χ3n) is 6.91. The van der Waals surface area contributed by atoms with Crippen LogP contribution in [0.1, 0.15) is 34.8 Å². The summed E-state index contributed by atoms with van der Waals surface area (Å²) in [5.74, 6) is -3.65. The van der Waals surface area contributed by atoms with Crippen LogP contribution in [-0.4, -0.2) is 109 Å². The zero-order chi connectivity index (χ0) is 33.8. The van der Waals surface area contributed by atoms with Crippen molar-refractivity contribution in [3.05, 3.63) is 65.2 Å². The third-order valence-corrected chi connectivity index (χ3v) is 6.91. The minimum Gasteiger partial charge on any atom is -0.497 e. The topological polar surface area (TPSA) is 216 Å². The van der Waals surface area contributed by atoms with Gasteiger partial charge in [0, 0.05) is 30.6 Å². The van der Waals surface area contributed by atoms with E-state index in [0.29, 0.717) is 16.9 Å². The molecule has 0 unspecified atom stereocenters. The Labute approximate surface area is 264 Å². The molecule has 1 fully saturated rings. The number of carboxylic acids is 1. The molecule has 2 aromatic rings. The Morgan fingerprint density at radius 3 is 2.26 bits per heavy atom. The molecule has 2 atom stereocenters. The summed E-state index contributed by atoms with van der Waals surface area (Å²) in [5, 5.41) is 15.4. The number of rotatable bonds is 13. The van der Waals surface area contributed by atoms with Crippen LogP contribution in [0.4, 0.5) is 4.79 Å². The summed E-state index contributed by atoms with van der Waals surface area (Å²) in [6, 6.07) is 9.98. The predicted molar refractivity (Wildman–Crippen MR) is 160 cm³/mol. The first-order valence-electron chi connectivity index (χ1n) is 14.1. The van der Waals surface area contributed by atoms with Crippen molar-refractivity contribution in [3.63, 3.8) is 0 Å². The molecule has 4 N–H and O–H groups in total. The first kappa shape index (κ1) is 34.8. The quantitative estimate of drug-likeness (QED) is 0.0897. The molecule has 1 heterocycles.